The number of hydrogen-bond acceptors (Lipinski definition) is 2. The molecule has 2 aromatic rings. The van der Waals surface area contributed by atoms with Crippen LogP contribution in [0.5, 0.6) is 0 Å². The first-order valence-corrected chi connectivity index (χ1v) is 6.91. The van der Waals surface area contributed by atoms with Crippen molar-refractivity contribution in [2.24, 2.45) is 5.73 Å². The molecule has 0 unspecified atom stereocenters. The van der Waals surface area contributed by atoms with Gasteiger partial charge in [-0.15, -0.1) is 0 Å². The van der Waals surface area contributed by atoms with Crippen molar-refractivity contribution >= 4 is 21.8 Å². The van der Waals surface area contributed by atoms with Gasteiger partial charge in [0.1, 0.15) is 5.82 Å². The Bertz CT molecular complexity index is 631. The molecule has 0 aromatic heterocycles. The summed E-state index contributed by atoms with van der Waals surface area (Å²) in [5.41, 5.74) is 7.55. The maximum absolute atomic E-state index is 13.7. The van der Waals surface area contributed by atoms with Crippen LogP contribution in [0.2, 0.25) is 0 Å². The molecule has 5 heteroatoms. The van der Waals surface area contributed by atoms with Gasteiger partial charge in [0.25, 0.3) is 5.91 Å². The third kappa shape index (κ3) is 3.43. The Hall–Kier alpha value is -1.72. The van der Waals surface area contributed by atoms with Crippen LogP contribution in [0.25, 0.3) is 0 Å². The van der Waals surface area contributed by atoms with Crippen molar-refractivity contribution in [2.45, 2.75) is 13.1 Å². The SMILES string of the molecule is NCc1ccccc1CNC(=O)c1ccc(Br)cc1F. The lowest BCUT2D eigenvalue weighted by molar-refractivity contribution is 0.0947. The van der Waals surface area contributed by atoms with E-state index in [1.54, 1.807) is 6.07 Å². The van der Waals surface area contributed by atoms with E-state index in [4.69, 9.17) is 5.73 Å². The Morgan fingerprint density at radius 2 is 1.90 bits per heavy atom. The van der Waals surface area contributed by atoms with Gasteiger partial charge in [0.05, 0.1) is 5.56 Å². The quantitative estimate of drug-likeness (QED) is 0.901. The first kappa shape index (κ1) is 14.7. The first-order valence-electron chi connectivity index (χ1n) is 6.12. The molecular weight excluding hydrogens is 323 g/mol. The summed E-state index contributed by atoms with van der Waals surface area (Å²) in [5, 5.41) is 2.70. The van der Waals surface area contributed by atoms with Gasteiger partial charge in [-0.2, -0.15) is 0 Å². The van der Waals surface area contributed by atoms with E-state index in [-0.39, 0.29) is 5.56 Å². The number of benzene rings is 2. The highest BCUT2D eigenvalue weighted by Crippen LogP contribution is 2.15. The normalized spacial score (nSPS) is 10.3. The van der Waals surface area contributed by atoms with Crippen LogP contribution in [0.3, 0.4) is 0 Å². The summed E-state index contributed by atoms with van der Waals surface area (Å²) in [5.74, 6) is -0.995. The van der Waals surface area contributed by atoms with Crippen molar-refractivity contribution in [2.75, 3.05) is 0 Å². The van der Waals surface area contributed by atoms with E-state index < -0.39 is 11.7 Å². The Morgan fingerprint density at radius 3 is 2.55 bits per heavy atom. The Morgan fingerprint density at radius 1 is 1.20 bits per heavy atom. The molecule has 3 N–H and O–H groups in total. The summed E-state index contributed by atoms with van der Waals surface area (Å²) >= 11 is 3.15. The van der Waals surface area contributed by atoms with E-state index in [0.717, 1.165) is 11.1 Å². The van der Waals surface area contributed by atoms with Gasteiger partial charge in [0, 0.05) is 17.6 Å². The van der Waals surface area contributed by atoms with Crippen molar-refractivity contribution in [3.63, 3.8) is 0 Å². The number of carbonyl (C=O) groups excluding carboxylic acids is 1. The van der Waals surface area contributed by atoms with Crippen molar-refractivity contribution in [3.05, 3.63) is 69.4 Å². The molecule has 104 valence electrons. The van der Waals surface area contributed by atoms with Crippen LogP contribution in [-0.4, -0.2) is 5.91 Å². The first-order chi connectivity index (χ1) is 9.61. The van der Waals surface area contributed by atoms with Crippen LogP contribution < -0.4 is 11.1 Å². The summed E-state index contributed by atoms with van der Waals surface area (Å²) in [7, 11) is 0. The Balaban J connectivity index is 2.09. The number of amides is 1. The van der Waals surface area contributed by atoms with Gasteiger partial charge in [0.15, 0.2) is 0 Å². The zero-order valence-corrected chi connectivity index (χ0v) is 12.3. The maximum atomic E-state index is 13.7. The van der Waals surface area contributed by atoms with E-state index in [1.165, 1.54) is 12.1 Å². The number of hydrogen-bond donors (Lipinski definition) is 2. The lowest BCUT2D eigenvalue weighted by Gasteiger charge is -2.09. The number of rotatable bonds is 4. The predicted molar refractivity (Wildman–Crippen MR) is 79.6 cm³/mol. The van der Waals surface area contributed by atoms with E-state index in [9.17, 15) is 9.18 Å². The molecule has 0 saturated heterocycles. The molecule has 2 rings (SSSR count). The highest BCUT2D eigenvalue weighted by atomic mass is 79.9. The minimum atomic E-state index is -0.552. The van der Waals surface area contributed by atoms with Gasteiger partial charge in [0.2, 0.25) is 0 Å². The Kier molecular flexibility index (Phi) is 4.87. The molecule has 0 aliphatic carbocycles. The topological polar surface area (TPSA) is 55.1 Å². The molecule has 0 atom stereocenters. The van der Waals surface area contributed by atoms with Gasteiger partial charge in [-0.25, -0.2) is 4.39 Å². The summed E-state index contributed by atoms with van der Waals surface area (Å²) in [6, 6.07) is 11.9. The largest absolute Gasteiger partial charge is 0.348 e. The van der Waals surface area contributed by atoms with E-state index in [1.807, 2.05) is 24.3 Å². The van der Waals surface area contributed by atoms with Crippen LogP contribution in [-0.2, 0) is 13.1 Å². The molecule has 0 aliphatic rings. The molecule has 0 heterocycles. The fourth-order valence-corrected chi connectivity index (χ4v) is 2.21. The number of nitrogens with two attached hydrogens (primary N) is 1. The van der Waals surface area contributed by atoms with E-state index >= 15 is 0 Å². The van der Waals surface area contributed by atoms with Crippen molar-refractivity contribution in [3.8, 4) is 0 Å². The Labute approximate surface area is 125 Å². The fraction of sp³-hybridized carbons (Fsp3) is 0.133. The highest BCUT2D eigenvalue weighted by Gasteiger charge is 2.12. The molecule has 3 nitrogen and oxygen atoms in total. The molecule has 0 saturated carbocycles. The molecule has 0 spiro atoms. The van der Waals surface area contributed by atoms with Crippen LogP contribution >= 0.6 is 15.9 Å². The van der Waals surface area contributed by atoms with Crippen LogP contribution in [0.15, 0.2) is 46.9 Å². The number of halogens is 2. The fourth-order valence-electron chi connectivity index (χ4n) is 1.87. The lowest BCUT2D eigenvalue weighted by Crippen LogP contribution is -2.24. The second kappa shape index (κ2) is 6.63. The average Bonchev–Trinajstić information content (AvgIpc) is 2.45. The van der Waals surface area contributed by atoms with Gasteiger partial charge < -0.3 is 11.1 Å². The second-order valence-electron chi connectivity index (χ2n) is 4.28. The zero-order valence-electron chi connectivity index (χ0n) is 10.7. The molecule has 1 amide bonds. The summed E-state index contributed by atoms with van der Waals surface area (Å²) in [6.07, 6.45) is 0. The van der Waals surface area contributed by atoms with Gasteiger partial charge in [-0.05, 0) is 29.3 Å². The van der Waals surface area contributed by atoms with Gasteiger partial charge in [-0.1, -0.05) is 40.2 Å². The van der Waals surface area contributed by atoms with Crippen molar-refractivity contribution in [1.29, 1.82) is 0 Å². The molecule has 20 heavy (non-hydrogen) atoms. The molecule has 2 aromatic carbocycles. The molecular formula is C15H14BrFN2O. The maximum Gasteiger partial charge on any atom is 0.254 e. The zero-order chi connectivity index (χ0) is 14.5. The molecule has 0 aliphatic heterocycles. The van der Waals surface area contributed by atoms with Gasteiger partial charge in [-0.3, -0.25) is 4.79 Å². The monoisotopic (exact) mass is 336 g/mol. The highest BCUT2D eigenvalue weighted by molar-refractivity contribution is 9.10. The summed E-state index contributed by atoms with van der Waals surface area (Å²) < 4.78 is 14.3. The minimum Gasteiger partial charge on any atom is -0.348 e. The smallest absolute Gasteiger partial charge is 0.254 e. The van der Waals surface area contributed by atoms with Gasteiger partial charge >= 0.3 is 0 Å². The summed E-state index contributed by atoms with van der Waals surface area (Å²) in [4.78, 5) is 12.0. The van der Waals surface area contributed by atoms with Crippen molar-refractivity contribution < 1.29 is 9.18 Å². The second-order valence-corrected chi connectivity index (χ2v) is 5.20. The molecule has 0 fully saturated rings. The third-order valence-electron chi connectivity index (χ3n) is 2.95. The van der Waals surface area contributed by atoms with Crippen LogP contribution in [0.4, 0.5) is 4.39 Å². The number of carbonyl (C=O) groups is 1. The van der Waals surface area contributed by atoms with Crippen LogP contribution in [0.1, 0.15) is 21.5 Å². The predicted octanol–water partition coefficient (Wildman–Crippen LogP) is 2.98. The summed E-state index contributed by atoms with van der Waals surface area (Å²) in [6.45, 7) is 0.723. The van der Waals surface area contributed by atoms with E-state index in [0.29, 0.717) is 17.6 Å². The minimum absolute atomic E-state index is 0.0263. The number of nitrogens with one attached hydrogen (secondary N) is 1. The average molecular weight is 337 g/mol. The molecule has 0 bridgehead atoms. The van der Waals surface area contributed by atoms with Crippen molar-refractivity contribution in [1.82, 2.24) is 5.32 Å². The van der Waals surface area contributed by atoms with E-state index in [2.05, 4.69) is 21.2 Å². The molecule has 0 radical (unpaired) electrons. The lowest BCUT2D eigenvalue weighted by atomic mass is 10.1. The van der Waals surface area contributed by atoms with Crippen LogP contribution in [0, 0.1) is 5.82 Å². The standard InChI is InChI=1S/C15H14BrFN2O/c16-12-5-6-13(14(17)7-12)15(20)19-9-11-4-2-1-3-10(11)8-18/h1-7H,8-9,18H2,(H,19,20). The third-order valence-corrected chi connectivity index (χ3v) is 3.45.